The van der Waals surface area contributed by atoms with Crippen molar-refractivity contribution in [3.05, 3.63) is 64.7 Å². The van der Waals surface area contributed by atoms with Crippen molar-refractivity contribution in [3.8, 4) is 0 Å². The number of hydrogen-bond donors (Lipinski definition) is 0. The SMILES string of the molecule is Cc1ccc(SCC(=O)c2c(F)cccc2F)cc1C. The number of thioether (sulfide) groups is 1. The van der Waals surface area contributed by atoms with Crippen LogP contribution in [0, 0.1) is 25.5 Å². The maximum atomic E-state index is 13.5. The minimum absolute atomic E-state index is 0.0142. The molecule has 0 aliphatic carbocycles. The Morgan fingerprint density at radius 2 is 1.70 bits per heavy atom. The van der Waals surface area contributed by atoms with Gasteiger partial charge in [0.2, 0.25) is 0 Å². The van der Waals surface area contributed by atoms with Crippen LogP contribution in [0.1, 0.15) is 21.5 Å². The first kappa shape index (κ1) is 14.7. The number of hydrogen-bond acceptors (Lipinski definition) is 2. The second-order valence-electron chi connectivity index (χ2n) is 4.55. The lowest BCUT2D eigenvalue weighted by atomic mass is 10.1. The molecule has 0 aliphatic rings. The Morgan fingerprint density at radius 1 is 1.05 bits per heavy atom. The second-order valence-corrected chi connectivity index (χ2v) is 5.60. The van der Waals surface area contributed by atoms with Crippen LogP contribution in [0.4, 0.5) is 8.78 Å². The second kappa shape index (κ2) is 6.18. The van der Waals surface area contributed by atoms with E-state index < -0.39 is 23.0 Å². The number of rotatable bonds is 4. The van der Waals surface area contributed by atoms with Gasteiger partial charge in [-0.25, -0.2) is 8.78 Å². The molecule has 2 aromatic carbocycles. The Labute approximate surface area is 121 Å². The number of aryl methyl sites for hydroxylation is 2. The Bertz CT molecular complexity index is 633. The number of halogens is 2. The maximum absolute atomic E-state index is 13.5. The van der Waals surface area contributed by atoms with Crippen LogP contribution in [-0.2, 0) is 0 Å². The fourth-order valence-corrected chi connectivity index (χ4v) is 2.66. The van der Waals surface area contributed by atoms with Crippen LogP contribution >= 0.6 is 11.8 Å². The molecule has 0 saturated heterocycles. The van der Waals surface area contributed by atoms with Gasteiger partial charge in [0.15, 0.2) is 5.78 Å². The fourth-order valence-electron chi connectivity index (χ4n) is 1.79. The molecule has 0 amide bonds. The molecular formula is C16H14F2OS. The van der Waals surface area contributed by atoms with Crippen LogP contribution in [0.3, 0.4) is 0 Å². The third-order valence-corrected chi connectivity index (χ3v) is 4.08. The molecular weight excluding hydrogens is 278 g/mol. The number of benzene rings is 2. The van der Waals surface area contributed by atoms with E-state index in [0.717, 1.165) is 22.6 Å². The van der Waals surface area contributed by atoms with Crippen molar-refractivity contribution in [2.24, 2.45) is 0 Å². The zero-order chi connectivity index (χ0) is 14.7. The van der Waals surface area contributed by atoms with E-state index in [1.807, 2.05) is 32.0 Å². The van der Waals surface area contributed by atoms with Gasteiger partial charge in [-0.3, -0.25) is 4.79 Å². The molecule has 0 bridgehead atoms. The molecule has 0 spiro atoms. The van der Waals surface area contributed by atoms with Gasteiger partial charge in [-0.05, 0) is 49.2 Å². The third kappa shape index (κ3) is 3.25. The van der Waals surface area contributed by atoms with Gasteiger partial charge in [-0.1, -0.05) is 12.1 Å². The lowest BCUT2D eigenvalue weighted by Crippen LogP contribution is -2.08. The Balaban J connectivity index is 2.11. The lowest BCUT2D eigenvalue weighted by molar-refractivity contribution is 0.101. The Morgan fingerprint density at radius 3 is 2.30 bits per heavy atom. The first-order valence-corrected chi connectivity index (χ1v) is 7.15. The monoisotopic (exact) mass is 292 g/mol. The smallest absolute Gasteiger partial charge is 0.178 e. The van der Waals surface area contributed by atoms with Gasteiger partial charge < -0.3 is 0 Å². The van der Waals surface area contributed by atoms with Crippen LogP contribution in [-0.4, -0.2) is 11.5 Å². The van der Waals surface area contributed by atoms with Gasteiger partial charge in [0.1, 0.15) is 11.6 Å². The molecule has 2 aromatic rings. The quantitative estimate of drug-likeness (QED) is 0.607. The molecule has 0 unspecified atom stereocenters. The van der Waals surface area contributed by atoms with Gasteiger partial charge in [0.25, 0.3) is 0 Å². The number of carbonyl (C=O) groups excluding carboxylic acids is 1. The highest BCUT2D eigenvalue weighted by atomic mass is 32.2. The van der Waals surface area contributed by atoms with Crippen LogP contribution in [0.25, 0.3) is 0 Å². The molecule has 0 radical (unpaired) electrons. The van der Waals surface area contributed by atoms with E-state index in [2.05, 4.69) is 0 Å². The van der Waals surface area contributed by atoms with E-state index in [1.54, 1.807) is 0 Å². The molecule has 104 valence electrons. The van der Waals surface area contributed by atoms with E-state index in [0.29, 0.717) is 0 Å². The zero-order valence-electron chi connectivity index (χ0n) is 11.2. The summed E-state index contributed by atoms with van der Waals surface area (Å²) < 4.78 is 26.9. The minimum atomic E-state index is -0.810. The van der Waals surface area contributed by atoms with E-state index in [9.17, 15) is 13.6 Å². The van der Waals surface area contributed by atoms with E-state index in [1.165, 1.54) is 23.4 Å². The molecule has 0 aliphatic heterocycles. The first-order chi connectivity index (χ1) is 9.49. The molecule has 4 heteroatoms. The van der Waals surface area contributed by atoms with E-state index >= 15 is 0 Å². The number of Topliss-reactive ketones (excluding diaryl/α,β-unsaturated/α-hetero) is 1. The predicted octanol–water partition coefficient (Wildman–Crippen LogP) is 4.56. The number of ketones is 1. The summed E-state index contributed by atoms with van der Waals surface area (Å²) in [5.41, 5.74) is 1.84. The van der Waals surface area contributed by atoms with Crippen LogP contribution in [0.2, 0.25) is 0 Å². The largest absolute Gasteiger partial charge is 0.293 e. The van der Waals surface area contributed by atoms with E-state index in [4.69, 9.17) is 0 Å². The Kier molecular flexibility index (Phi) is 4.55. The average molecular weight is 292 g/mol. The van der Waals surface area contributed by atoms with Gasteiger partial charge in [0, 0.05) is 4.90 Å². The summed E-state index contributed by atoms with van der Waals surface area (Å²) in [6.07, 6.45) is 0. The van der Waals surface area contributed by atoms with Gasteiger partial charge in [-0.15, -0.1) is 11.8 Å². The zero-order valence-corrected chi connectivity index (χ0v) is 12.1. The minimum Gasteiger partial charge on any atom is -0.293 e. The fraction of sp³-hybridized carbons (Fsp3) is 0.188. The normalized spacial score (nSPS) is 10.6. The van der Waals surface area contributed by atoms with Crippen molar-refractivity contribution in [2.45, 2.75) is 18.7 Å². The van der Waals surface area contributed by atoms with Crippen LogP contribution in [0.15, 0.2) is 41.3 Å². The molecule has 0 aromatic heterocycles. The molecule has 1 nitrogen and oxygen atoms in total. The summed E-state index contributed by atoms with van der Waals surface area (Å²) in [6, 6.07) is 9.26. The highest BCUT2D eigenvalue weighted by Crippen LogP contribution is 2.23. The van der Waals surface area contributed by atoms with E-state index in [-0.39, 0.29) is 5.75 Å². The van der Waals surface area contributed by atoms with Crippen molar-refractivity contribution >= 4 is 17.5 Å². The van der Waals surface area contributed by atoms with Crippen molar-refractivity contribution in [1.29, 1.82) is 0 Å². The standard InChI is InChI=1S/C16H14F2OS/c1-10-6-7-12(8-11(10)2)20-9-15(19)16-13(17)4-3-5-14(16)18/h3-8H,9H2,1-2H3. The Hall–Kier alpha value is -1.68. The molecule has 0 fully saturated rings. The molecule has 0 saturated carbocycles. The lowest BCUT2D eigenvalue weighted by Gasteiger charge is -2.06. The topological polar surface area (TPSA) is 17.1 Å². The summed E-state index contributed by atoms with van der Waals surface area (Å²) in [5.74, 6) is -2.14. The predicted molar refractivity (Wildman–Crippen MR) is 77.3 cm³/mol. The molecule has 0 N–H and O–H groups in total. The van der Waals surface area contributed by atoms with Crippen molar-refractivity contribution in [1.82, 2.24) is 0 Å². The van der Waals surface area contributed by atoms with Crippen LogP contribution < -0.4 is 0 Å². The summed E-state index contributed by atoms with van der Waals surface area (Å²) in [7, 11) is 0. The van der Waals surface area contributed by atoms with Gasteiger partial charge in [0.05, 0.1) is 11.3 Å². The molecule has 0 heterocycles. The number of carbonyl (C=O) groups is 1. The van der Waals surface area contributed by atoms with Gasteiger partial charge in [-0.2, -0.15) is 0 Å². The highest BCUT2D eigenvalue weighted by molar-refractivity contribution is 8.00. The summed E-state index contributed by atoms with van der Waals surface area (Å²) >= 11 is 1.28. The van der Waals surface area contributed by atoms with Gasteiger partial charge >= 0.3 is 0 Å². The summed E-state index contributed by atoms with van der Waals surface area (Å²) in [4.78, 5) is 12.8. The molecule has 2 rings (SSSR count). The molecule has 0 atom stereocenters. The van der Waals surface area contributed by atoms with Crippen molar-refractivity contribution in [3.63, 3.8) is 0 Å². The van der Waals surface area contributed by atoms with Crippen molar-refractivity contribution < 1.29 is 13.6 Å². The summed E-state index contributed by atoms with van der Waals surface area (Å²) in [6.45, 7) is 3.99. The summed E-state index contributed by atoms with van der Waals surface area (Å²) in [5, 5.41) is 0. The third-order valence-electron chi connectivity index (χ3n) is 3.09. The average Bonchev–Trinajstić information content (AvgIpc) is 2.40. The van der Waals surface area contributed by atoms with Crippen LogP contribution in [0.5, 0.6) is 0 Å². The highest BCUT2D eigenvalue weighted by Gasteiger charge is 2.16. The molecule has 20 heavy (non-hydrogen) atoms. The van der Waals surface area contributed by atoms with Crippen molar-refractivity contribution in [2.75, 3.05) is 5.75 Å². The maximum Gasteiger partial charge on any atom is 0.178 e. The first-order valence-electron chi connectivity index (χ1n) is 6.16.